The quantitative estimate of drug-likeness (QED) is 0.881. The van der Waals surface area contributed by atoms with Gasteiger partial charge in [-0.2, -0.15) is 10.5 Å². The van der Waals surface area contributed by atoms with Gasteiger partial charge in [-0.3, -0.25) is 0 Å². The van der Waals surface area contributed by atoms with E-state index in [0.717, 1.165) is 11.4 Å². The molecule has 0 aliphatic rings. The van der Waals surface area contributed by atoms with Crippen LogP contribution >= 0.6 is 0 Å². The molecule has 0 amide bonds. The molecule has 0 bridgehead atoms. The fourth-order valence-corrected chi connectivity index (χ4v) is 1.85. The van der Waals surface area contributed by atoms with Crippen molar-refractivity contribution in [3.63, 3.8) is 0 Å². The van der Waals surface area contributed by atoms with E-state index in [4.69, 9.17) is 16.3 Å². The summed E-state index contributed by atoms with van der Waals surface area (Å²) in [7, 11) is 0. The molecule has 1 aromatic carbocycles. The molecular weight excluding hydrogens is 238 g/mol. The van der Waals surface area contributed by atoms with Crippen LogP contribution in [-0.2, 0) is 5.54 Å². The van der Waals surface area contributed by atoms with Crippen LogP contribution in [0.4, 0.5) is 0 Å². The number of nitriles is 2. The largest absolute Gasteiger partial charge is 0.321 e. The molecule has 0 radical (unpaired) electrons. The van der Waals surface area contributed by atoms with E-state index in [1.54, 1.807) is 30.7 Å². The molecule has 0 fully saturated rings. The highest BCUT2D eigenvalue weighted by molar-refractivity contribution is 5.52. The summed E-state index contributed by atoms with van der Waals surface area (Å²) in [5.74, 6) is 0. The van der Waals surface area contributed by atoms with Gasteiger partial charge in [-0.05, 0) is 32.0 Å². The first kappa shape index (κ1) is 12.8. The summed E-state index contributed by atoms with van der Waals surface area (Å²) in [5.41, 5.74) is 7.85. The Kier molecular flexibility index (Phi) is 3.08. The fourth-order valence-electron chi connectivity index (χ4n) is 1.85. The second kappa shape index (κ2) is 4.56. The lowest BCUT2D eigenvalue weighted by Crippen LogP contribution is -2.31. The molecular formula is C14H13N5. The smallest absolute Gasteiger partial charge is 0.101 e. The minimum absolute atomic E-state index is 0.342. The molecule has 1 aromatic heterocycles. The number of benzene rings is 1. The lowest BCUT2D eigenvalue weighted by Gasteiger charge is -2.20. The molecule has 2 rings (SSSR count). The van der Waals surface area contributed by atoms with Crippen LogP contribution in [0.5, 0.6) is 0 Å². The first-order valence-corrected chi connectivity index (χ1v) is 5.73. The molecule has 0 aliphatic carbocycles. The van der Waals surface area contributed by atoms with Gasteiger partial charge in [0.15, 0.2) is 0 Å². The van der Waals surface area contributed by atoms with Crippen LogP contribution in [0.2, 0.25) is 0 Å². The van der Waals surface area contributed by atoms with Crippen LogP contribution < -0.4 is 5.73 Å². The van der Waals surface area contributed by atoms with E-state index in [1.165, 1.54) is 0 Å². The Morgan fingerprint density at radius 1 is 1.21 bits per heavy atom. The first-order chi connectivity index (χ1) is 8.97. The Morgan fingerprint density at radius 3 is 2.47 bits per heavy atom. The Bertz CT molecular complexity index is 692. The van der Waals surface area contributed by atoms with E-state index < -0.39 is 5.54 Å². The Balaban J connectivity index is 2.59. The van der Waals surface area contributed by atoms with E-state index in [1.807, 2.05) is 30.6 Å². The van der Waals surface area contributed by atoms with Gasteiger partial charge in [-0.15, -0.1) is 0 Å². The lowest BCUT2D eigenvalue weighted by atomic mass is 10.0. The van der Waals surface area contributed by atoms with Crippen LogP contribution in [0.15, 0.2) is 30.7 Å². The number of aromatic nitrogens is 2. The van der Waals surface area contributed by atoms with E-state index >= 15 is 0 Å². The van der Waals surface area contributed by atoms with Gasteiger partial charge in [0, 0.05) is 5.69 Å². The molecule has 0 unspecified atom stereocenters. The predicted octanol–water partition coefficient (Wildman–Crippen LogP) is 1.81. The number of hydrogen-bond donors (Lipinski definition) is 1. The normalized spacial score (nSPS) is 10.8. The third kappa shape index (κ3) is 2.33. The van der Waals surface area contributed by atoms with Gasteiger partial charge in [0.25, 0.3) is 0 Å². The number of hydrogen-bond acceptors (Lipinski definition) is 4. The maximum absolute atomic E-state index is 9.05. The van der Waals surface area contributed by atoms with Crippen molar-refractivity contribution in [2.24, 2.45) is 5.73 Å². The highest BCUT2D eigenvalue weighted by Gasteiger charge is 2.20. The molecule has 94 valence electrons. The molecule has 0 atom stereocenters. The number of nitrogens with zero attached hydrogens (tertiary/aromatic N) is 4. The molecule has 0 saturated heterocycles. The van der Waals surface area contributed by atoms with Crippen LogP contribution in [-0.4, -0.2) is 9.55 Å². The Morgan fingerprint density at radius 2 is 1.89 bits per heavy atom. The van der Waals surface area contributed by atoms with Crippen molar-refractivity contribution in [1.82, 2.24) is 9.55 Å². The summed E-state index contributed by atoms with van der Waals surface area (Å²) >= 11 is 0. The van der Waals surface area contributed by atoms with Gasteiger partial charge in [0.2, 0.25) is 0 Å². The van der Waals surface area contributed by atoms with Crippen LogP contribution in [0, 0.1) is 22.7 Å². The van der Waals surface area contributed by atoms with Gasteiger partial charge in [-0.1, -0.05) is 0 Å². The minimum atomic E-state index is -0.544. The molecule has 0 aliphatic heterocycles. The van der Waals surface area contributed by atoms with E-state index in [2.05, 4.69) is 4.98 Å². The van der Waals surface area contributed by atoms with Crippen LogP contribution in [0.1, 0.15) is 30.7 Å². The summed E-state index contributed by atoms with van der Waals surface area (Å²) in [5, 5.41) is 18.0. The van der Waals surface area contributed by atoms with Gasteiger partial charge < -0.3 is 10.3 Å². The highest BCUT2D eigenvalue weighted by atomic mass is 15.1. The summed E-state index contributed by atoms with van der Waals surface area (Å²) < 4.78 is 1.82. The molecule has 5 nitrogen and oxygen atoms in total. The monoisotopic (exact) mass is 251 g/mol. The molecule has 0 saturated carbocycles. The summed E-state index contributed by atoms with van der Waals surface area (Å²) in [6.07, 6.45) is 3.34. The lowest BCUT2D eigenvalue weighted by molar-refractivity contribution is 0.524. The Hall–Kier alpha value is -2.63. The topological polar surface area (TPSA) is 91.4 Å². The van der Waals surface area contributed by atoms with E-state index in [0.29, 0.717) is 11.1 Å². The summed E-state index contributed by atoms with van der Waals surface area (Å²) in [6.45, 7) is 3.77. The van der Waals surface area contributed by atoms with Crippen LogP contribution in [0.3, 0.4) is 0 Å². The van der Waals surface area contributed by atoms with Gasteiger partial charge in [0.1, 0.15) is 12.1 Å². The molecule has 0 spiro atoms. The first-order valence-electron chi connectivity index (χ1n) is 5.73. The van der Waals surface area contributed by atoms with Gasteiger partial charge in [-0.25, -0.2) is 4.98 Å². The van der Waals surface area contributed by atoms with Gasteiger partial charge in [0.05, 0.1) is 34.9 Å². The summed E-state index contributed by atoms with van der Waals surface area (Å²) in [4.78, 5) is 4.10. The zero-order chi connectivity index (χ0) is 14.0. The molecule has 5 heteroatoms. The SMILES string of the molecule is CC(C)(N)c1cncn1-c1ccc(C#N)c(C#N)c1. The van der Waals surface area contributed by atoms with Crippen molar-refractivity contribution in [2.45, 2.75) is 19.4 Å². The molecule has 1 heterocycles. The van der Waals surface area contributed by atoms with Crippen molar-refractivity contribution in [2.75, 3.05) is 0 Å². The second-order valence-electron chi connectivity index (χ2n) is 4.82. The zero-order valence-electron chi connectivity index (χ0n) is 10.8. The number of nitrogens with two attached hydrogens (primary N) is 1. The van der Waals surface area contributed by atoms with Crippen molar-refractivity contribution in [3.05, 3.63) is 47.5 Å². The van der Waals surface area contributed by atoms with Gasteiger partial charge >= 0.3 is 0 Å². The molecule has 2 aromatic rings. The van der Waals surface area contributed by atoms with Crippen molar-refractivity contribution < 1.29 is 0 Å². The van der Waals surface area contributed by atoms with Crippen molar-refractivity contribution in [1.29, 1.82) is 10.5 Å². The molecule has 2 N–H and O–H groups in total. The van der Waals surface area contributed by atoms with E-state index in [-0.39, 0.29) is 0 Å². The standard InChI is InChI=1S/C14H13N5/c1-14(2,17)13-8-18-9-19(13)12-4-3-10(6-15)11(5-12)7-16/h3-5,8-9H,17H2,1-2H3. The van der Waals surface area contributed by atoms with Crippen LogP contribution in [0.25, 0.3) is 5.69 Å². The van der Waals surface area contributed by atoms with Crippen molar-refractivity contribution >= 4 is 0 Å². The maximum Gasteiger partial charge on any atom is 0.101 e. The third-order valence-electron chi connectivity index (χ3n) is 2.82. The average molecular weight is 251 g/mol. The third-order valence-corrected chi connectivity index (χ3v) is 2.82. The van der Waals surface area contributed by atoms with E-state index in [9.17, 15) is 0 Å². The summed E-state index contributed by atoms with van der Waals surface area (Å²) in [6, 6.07) is 9.07. The Labute approximate surface area is 111 Å². The maximum atomic E-state index is 9.05. The zero-order valence-corrected chi connectivity index (χ0v) is 10.8. The minimum Gasteiger partial charge on any atom is -0.321 e. The number of imidazole rings is 1. The average Bonchev–Trinajstić information content (AvgIpc) is 2.87. The molecule has 19 heavy (non-hydrogen) atoms. The predicted molar refractivity (Wildman–Crippen MR) is 70.2 cm³/mol. The second-order valence-corrected chi connectivity index (χ2v) is 4.82. The van der Waals surface area contributed by atoms with Crippen molar-refractivity contribution in [3.8, 4) is 17.8 Å². The number of rotatable bonds is 2. The highest BCUT2D eigenvalue weighted by Crippen LogP contribution is 2.22. The fraction of sp³-hybridized carbons (Fsp3) is 0.214.